The minimum Gasteiger partial charge on any atom is -0.274 e. The van der Waals surface area contributed by atoms with Crippen LogP contribution in [-0.4, -0.2) is 5.37 Å². The molecule has 0 saturated carbocycles. The zero-order valence-corrected chi connectivity index (χ0v) is 5.37. The fourth-order valence-electron chi connectivity index (χ4n) is 0.111. The average molecular weight is 120 g/mol. The van der Waals surface area contributed by atoms with Crippen molar-refractivity contribution in [3.63, 3.8) is 0 Å². The van der Waals surface area contributed by atoms with Gasteiger partial charge in [-0.25, -0.2) is 0 Å². The monoisotopic (exact) mass is 120 g/mol. The van der Waals surface area contributed by atoms with E-state index in [0.29, 0.717) is 17.6 Å². The first kappa shape index (κ1) is 6.98. The third-order valence-electron chi connectivity index (χ3n) is 0.768. The zero-order chi connectivity index (χ0) is 5.86. The van der Waals surface area contributed by atoms with E-state index in [9.17, 15) is 4.21 Å². The van der Waals surface area contributed by atoms with E-state index >= 15 is 0 Å². The molecule has 0 heterocycles. The maximum atomic E-state index is 9.86. The van der Waals surface area contributed by atoms with Crippen molar-refractivity contribution in [2.45, 2.75) is 19.2 Å². The molecule has 0 aliphatic carbocycles. The van der Waals surface area contributed by atoms with Gasteiger partial charge >= 0.3 is 11.7 Å². The Morgan fingerprint density at radius 1 is 1.57 bits per heavy atom. The minimum atomic E-state index is -0.236. The van der Waals surface area contributed by atoms with Gasteiger partial charge in [0.2, 0.25) is 0 Å². The van der Waals surface area contributed by atoms with Crippen LogP contribution in [0.1, 0.15) is 13.8 Å². The lowest BCUT2D eigenvalue weighted by molar-refractivity contribution is 0.567. The summed E-state index contributed by atoms with van der Waals surface area (Å²) in [7, 11) is 0. The molecule has 0 spiro atoms. The normalized spacial score (nSPS) is 14.3. The summed E-state index contributed by atoms with van der Waals surface area (Å²) in [5, 5.41) is -0.236. The molecule has 0 amide bonds. The summed E-state index contributed by atoms with van der Waals surface area (Å²) in [5.41, 5.74) is 5.27. The summed E-state index contributed by atoms with van der Waals surface area (Å²) in [4.78, 5) is 0. The molecule has 0 aromatic carbocycles. The molecule has 0 saturated heterocycles. The van der Waals surface area contributed by atoms with Crippen LogP contribution in [0.2, 0.25) is 0 Å². The largest absolute Gasteiger partial charge is 0.479 e. The smallest absolute Gasteiger partial charge is 0.274 e. The SMILES string of the molecule is CC(C)C(N)[S+]=O. The molecule has 3 heteroatoms. The summed E-state index contributed by atoms with van der Waals surface area (Å²) in [6.45, 7) is 3.85. The standard InChI is InChI=1S/C4H10NOS/c1-3(2)4(5)7-6/h3-4H,5H2,1-2H3/q+1. The van der Waals surface area contributed by atoms with Crippen molar-refractivity contribution in [3.05, 3.63) is 0 Å². The van der Waals surface area contributed by atoms with Gasteiger partial charge in [-0.1, -0.05) is 13.8 Å². The van der Waals surface area contributed by atoms with Gasteiger partial charge in [-0.05, 0) is 0 Å². The van der Waals surface area contributed by atoms with Crippen molar-refractivity contribution in [2.75, 3.05) is 0 Å². The number of nitrogens with two attached hydrogens (primary N) is 1. The lowest BCUT2D eigenvalue weighted by atomic mass is 10.2. The molecule has 0 rings (SSSR count). The summed E-state index contributed by atoms with van der Waals surface area (Å²) in [6, 6.07) is 0. The van der Waals surface area contributed by atoms with Crippen LogP contribution in [-0.2, 0) is 15.9 Å². The highest BCUT2D eigenvalue weighted by Crippen LogP contribution is 1.94. The van der Waals surface area contributed by atoms with E-state index in [1.807, 2.05) is 13.8 Å². The van der Waals surface area contributed by atoms with Crippen molar-refractivity contribution in [1.82, 2.24) is 0 Å². The van der Waals surface area contributed by atoms with Crippen LogP contribution >= 0.6 is 0 Å². The molecule has 0 radical (unpaired) electrons. The highest BCUT2D eigenvalue weighted by atomic mass is 32.1. The van der Waals surface area contributed by atoms with Gasteiger partial charge in [0.25, 0.3) is 5.37 Å². The molecule has 0 aromatic rings. The molecule has 7 heavy (non-hydrogen) atoms. The van der Waals surface area contributed by atoms with Gasteiger partial charge in [0.15, 0.2) is 0 Å². The van der Waals surface area contributed by atoms with Gasteiger partial charge < -0.3 is 0 Å². The summed E-state index contributed by atoms with van der Waals surface area (Å²) in [5.74, 6) is 0.294. The Kier molecular flexibility index (Phi) is 3.04. The minimum absolute atomic E-state index is 0.236. The Bertz CT molecular complexity index is 64.7. The first-order valence-corrected chi connectivity index (χ1v) is 3.03. The zero-order valence-electron chi connectivity index (χ0n) is 4.55. The van der Waals surface area contributed by atoms with Crippen molar-refractivity contribution in [2.24, 2.45) is 11.7 Å². The quantitative estimate of drug-likeness (QED) is 0.422. The lowest BCUT2D eigenvalue weighted by Crippen LogP contribution is -2.24. The van der Waals surface area contributed by atoms with E-state index in [1.165, 1.54) is 0 Å². The van der Waals surface area contributed by atoms with Crippen LogP contribution in [0.3, 0.4) is 0 Å². The second kappa shape index (κ2) is 3.04. The van der Waals surface area contributed by atoms with Crippen molar-refractivity contribution >= 4 is 11.7 Å². The maximum Gasteiger partial charge on any atom is 0.479 e. The van der Waals surface area contributed by atoms with Crippen molar-refractivity contribution < 1.29 is 4.21 Å². The van der Waals surface area contributed by atoms with Crippen molar-refractivity contribution in [3.8, 4) is 0 Å². The second-order valence-corrected chi connectivity index (χ2v) is 2.54. The Morgan fingerprint density at radius 2 is 2.00 bits per heavy atom. The molecule has 0 aliphatic heterocycles. The Hall–Kier alpha value is -0.0200. The second-order valence-electron chi connectivity index (χ2n) is 1.80. The van der Waals surface area contributed by atoms with Gasteiger partial charge in [-0.3, -0.25) is 5.73 Å². The first-order chi connectivity index (χ1) is 3.18. The van der Waals surface area contributed by atoms with E-state index in [1.54, 1.807) is 0 Å². The Labute approximate surface area is 47.6 Å². The van der Waals surface area contributed by atoms with Gasteiger partial charge in [0, 0.05) is 10.1 Å². The fourth-order valence-corrected chi connectivity index (χ4v) is 0.333. The predicted molar refractivity (Wildman–Crippen MR) is 30.9 cm³/mol. The number of hydrogen-bond acceptors (Lipinski definition) is 2. The summed E-state index contributed by atoms with van der Waals surface area (Å²) in [6.07, 6.45) is 0. The summed E-state index contributed by atoms with van der Waals surface area (Å²) >= 11 is 0.461. The van der Waals surface area contributed by atoms with Gasteiger partial charge in [0.1, 0.15) is 0 Å². The van der Waals surface area contributed by atoms with Crippen molar-refractivity contribution in [1.29, 1.82) is 0 Å². The molecular formula is C4H10NOS+. The molecule has 0 fully saturated rings. The molecule has 42 valence electrons. The van der Waals surface area contributed by atoms with Gasteiger partial charge in [-0.2, -0.15) is 0 Å². The van der Waals surface area contributed by atoms with Crippen LogP contribution in [0, 0.1) is 5.92 Å². The number of hydrogen-bond donors (Lipinski definition) is 1. The van der Waals surface area contributed by atoms with E-state index in [0.717, 1.165) is 0 Å². The topological polar surface area (TPSA) is 43.1 Å². The lowest BCUT2D eigenvalue weighted by Gasteiger charge is -1.92. The van der Waals surface area contributed by atoms with Crippen LogP contribution in [0.25, 0.3) is 0 Å². The number of rotatable bonds is 2. The van der Waals surface area contributed by atoms with Gasteiger partial charge in [0.05, 0.1) is 0 Å². The van der Waals surface area contributed by atoms with Crippen LogP contribution in [0.4, 0.5) is 0 Å². The van der Waals surface area contributed by atoms with E-state index in [4.69, 9.17) is 5.73 Å². The molecular weight excluding hydrogens is 110 g/mol. The van der Waals surface area contributed by atoms with Gasteiger partial charge in [-0.15, -0.1) is 0 Å². The first-order valence-electron chi connectivity index (χ1n) is 2.22. The predicted octanol–water partition coefficient (Wildman–Crippen LogP) is 0.355. The van der Waals surface area contributed by atoms with Crippen LogP contribution in [0.5, 0.6) is 0 Å². The molecule has 2 N–H and O–H groups in total. The molecule has 0 aliphatic rings. The third kappa shape index (κ3) is 2.65. The van der Waals surface area contributed by atoms with Crippen LogP contribution in [0.15, 0.2) is 0 Å². The molecule has 1 atom stereocenters. The molecule has 0 bridgehead atoms. The summed E-state index contributed by atoms with van der Waals surface area (Å²) < 4.78 is 9.86. The third-order valence-corrected chi connectivity index (χ3v) is 1.53. The maximum absolute atomic E-state index is 9.86. The fraction of sp³-hybridized carbons (Fsp3) is 1.00. The Balaban J connectivity index is 3.33. The molecule has 1 unspecified atom stereocenters. The average Bonchev–Trinajstić information content (AvgIpc) is 1.65. The highest BCUT2D eigenvalue weighted by Gasteiger charge is 2.18. The van der Waals surface area contributed by atoms with E-state index in [-0.39, 0.29) is 5.37 Å². The molecule has 2 nitrogen and oxygen atoms in total. The van der Waals surface area contributed by atoms with Crippen LogP contribution < -0.4 is 5.73 Å². The highest BCUT2D eigenvalue weighted by molar-refractivity contribution is 7.66. The van der Waals surface area contributed by atoms with E-state index < -0.39 is 0 Å². The molecule has 0 aromatic heterocycles. The van der Waals surface area contributed by atoms with E-state index in [2.05, 4.69) is 0 Å². The Morgan fingerprint density at radius 3 is 2.00 bits per heavy atom.